The summed E-state index contributed by atoms with van der Waals surface area (Å²) in [5, 5.41) is 12.3. The summed E-state index contributed by atoms with van der Waals surface area (Å²) in [6.45, 7) is 0. The first-order valence-electron chi connectivity index (χ1n) is 6.34. The molecule has 2 aromatic carbocycles. The Balaban J connectivity index is 0.00000132. The summed E-state index contributed by atoms with van der Waals surface area (Å²) in [5.74, 6) is 0.838. The zero-order chi connectivity index (χ0) is 13.5. The number of phenols is 1. The zero-order valence-corrected chi connectivity index (χ0v) is 14.2. The number of aromatic hydroxyl groups is 1. The molecule has 0 saturated carbocycles. The van der Waals surface area contributed by atoms with Crippen LogP contribution in [-0.4, -0.2) is 20.1 Å². The Morgan fingerprint density at radius 2 is 1.71 bits per heavy atom. The number of imidazole rings is 1. The molecule has 0 radical (unpaired) electrons. The van der Waals surface area contributed by atoms with Gasteiger partial charge in [-0.2, -0.15) is 0 Å². The van der Waals surface area contributed by atoms with Gasteiger partial charge in [0, 0.05) is 25.7 Å². The number of nitrogens with one attached hydrogen (secondary N) is 1. The molecule has 4 rings (SSSR count). The van der Waals surface area contributed by atoms with Gasteiger partial charge < -0.3 is 10.1 Å². The van der Waals surface area contributed by atoms with Crippen molar-refractivity contribution in [3.05, 3.63) is 54.7 Å². The molecule has 0 spiro atoms. The second-order valence-corrected chi connectivity index (χ2v) is 4.67. The van der Waals surface area contributed by atoms with E-state index in [0.717, 1.165) is 21.9 Å². The summed E-state index contributed by atoms with van der Waals surface area (Å²) >= 11 is 0. The topological polar surface area (TPSA) is 61.8 Å². The van der Waals surface area contributed by atoms with Gasteiger partial charge in [0.2, 0.25) is 0 Å². The van der Waals surface area contributed by atoms with E-state index < -0.39 is 0 Å². The van der Waals surface area contributed by atoms with E-state index in [1.807, 2.05) is 42.5 Å². The number of phenolic OH excluding ortho intramolecular Hbond substituents is 1. The average molecular weight is 327 g/mol. The van der Waals surface area contributed by atoms with E-state index in [2.05, 4.69) is 15.0 Å². The van der Waals surface area contributed by atoms with Gasteiger partial charge >= 0.3 is 0 Å². The molecule has 0 bridgehead atoms. The van der Waals surface area contributed by atoms with E-state index in [0.29, 0.717) is 11.4 Å². The third-order valence-electron chi connectivity index (χ3n) is 3.37. The number of benzene rings is 2. The first-order valence-corrected chi connectivity index (χ1v) is 6.34. The van der Waals surface area contributed by atoms with Crippen molar-refractivity contribution in [1.82, 2.24) is 15.0 Å². The maximum atomic E-state index is 10.2. The Labute approximate surface area is 133 Å². The largest absolute Gasteiger partial charge is 0.507 e. The van der Waals surface area contributed by atoms with Gasteiger partial charge in [0.05, 0.1) is 5.56 Å². The number of nitrogens with zero attached hydrogens (tertiary/aromatic N) is 2. The number of hydrogen-bond donors (Lipinski definition) is 2. The van der Waals surface area contributed by atoms with Crippen molar-refractivity contribution in [2.24, 2.45) is 0 Å². The van der Waals surface area contributed by atoms with Crippen molar-refractivity contribution < 1.29 is 24.6 Å². The van der Waals surface area contributed by atoms with E-state index in [1.165, 1.54) is 0 Å². The van der Waals surface area contributed by atoms with Crippen molar-refractivity contribution >= 4 is 21.9 Å². The molecule has 2 heterocycles. The Kier molecular flexibility index (Phi) is 3.44. The molecule has 0 atom stereocenters. The van der Waals surface area contributed by atoms with Crippen LogP contribution >= 0.6 is 0 Å². The Morgan fingerprint density at radius 3 is 2.48 bits per heavy atom. The molecule has 0 aliphatic heterocycles. The van der Waals surface area contributed by atoms with Crippen molar-refractivity contribution in [1.29, 1.82) is 0 Å². The Hall–Kier alpha value is -2.26. The van der Waals surface area contributed by atoms with Crippen LogP contribution in [0.5, 0.6) is 5.75 Å². The van der Waals surface area contributed by atoms with Crippen LogP contribution in [0.1, 0.15) is 0 Å². The molecule has 0 aliphatic rings. The molecule has 0 aliphatic carbocycles. The van der Waals surface area contributed by atoms with Crippen LogP contribution in [0.4, 0.5) is 0 Å². The molecule has 0 unspecified atom stereocenters. The fraction of sp³-hybridized carbons (Fsp3) is 0. The van der Waals surface area contributed by atoms with Gasteiger partial charge in [0.25, 0.3) is 0 Å². The van der Waals surface area contributed by atoms with Gasteiger partial charge in [0.1, 0.15) is 17.1 Å². The predicted octanol–water partition coefficient (Wildman–Crippen LogP) is 3.48. The van der Waals surface area contributed by atoms with Crippen molar-refractivity contribution in [3.63, 3.8) is 0 Å². The third kappa shape index (κ3) is 2.30. The van der Waals surface area contributed by atoms with Crippen LogP contribution in [0.15, 0.2) is 54.7 Å². The Bertz CT molecular complexity index is 900. The second-order valence-electron chi connectivity index (χ2n) is 4.67. The number of fused-ring (bicyclic) bond motifs is 2. The number of hydrogen-bond acceptors (Lipinski definition) is 3. The van der Waals surface area contributed by atoms with E-state index in [4.69, 9.17) is 0 Å². The van der Waals surface area contributed by atoms with Crippen molar-refractivity contribution in [2.45, 2.75) is 0 Å². The van der Waals surface area contributed by atoms with E-state index in [-0.39, 0.29) is 25.2 Å². The first-order chi connectivity index (χ1) is 9.81. The molecule has 0 saturated heterocycles. The molecule has 0 fully saturated rings. The molecule has 2 N–H and O–H groups in total. The van der Waals surface area contributed by atoms with E-state index in [9.17, 15) is 5.11 Å². The molecule has 98 valence electrons. The molecule has 21 heavy (non-hydrogen) atoms. The molecule has 4 aromatic rings. The van der Waals surface area contributed by atoms with Gasteiger partial charge in [-0.25, -0.2) is 9.97 Å². The standard InChI is InChI=1S/C16H11N3O.Zn/c20-14-9-11-5-2-1-4-10(11)8-12(14)15-18-13-6-3-7-17-16(13)19-15;/h1-9,20H,(H,17,18,19);. The van der Waals surface area contributed by atoms with Gasteiger partial charge in [-0.1, -0.05) is 24.3 Å². The second kappa shape index (κ2) is 5.26. The number of aromatic amines is 1. The van der Waals surface area contributed by atoms with Crippen molar-refractivity contribution in [3.8, 4) is 17.1 Å². The molecule has 0 amide bonds. The quantitative estimate of drug-likeness (QED) is 0.526. The van der Waals surface area contributed by atoms with Crippen LogP contribution in [0.3, 0.4) is 0 Å². The van der Waals surface area contributed by atoms with Crippen LogP contribution in [-0.2, 0) is 19.5 Å². The number of pyridine rings is 1. The minimum atomic E-state index is 0. The van der Waals surface area contributed by atoms with Crippen LogP contribution in [0.2, 0.25) is 0 Å². The monoisotopic (exact) mass is 325 g/mol. The first kappa shape index (κ1) is 13.7. The molecule has 5 heteroatoms. The number of aromatic nitrogens is 3. The zero-order valence-electron chi connectivity index (χ0n) is 11.2. The molecule has 2 aromatic heterocycles. The van der Waals surface area contributed by atoms with Gasteiger partial charge in [0.15, 0.2) is 5.65 Å². The van der Waals surface area contributed by atoms with E-state index in [1.54, 1.807) is 12.3 Å². The summed E-state index contributed by atoms with van der Waals surface area (Å²) in [5.41, 5.74) is 2.19. The fourth-order valence-corrected chi connectivity index (χ4v) is 2.39. The summed E-state index contributed by atoms with van der Waals surface area (Å²) < 4.78 is 0. The van der Waals surface area contributed by atoms with Crippen LogP contribution in [0, 0.1) is 0 Å². The predicted molar refractivity (Wildman–Crippen MR) is 78.5 cm³/mol. The molecular weight excluding hydrogens is 316 g/mol. The summed E-state index contributed by atoms with van der Waals surface area (Å²) in [6, 6.07) is 15.3. The average Bonchev–Trinajstić information content (AvgIpc) is 2.90. The minimum Gasteiger partial charge on any atom is -0.507 e. The molecule has 4 nitrogen and oxygen atoms in total. The maximum absolute atomic E-state index is 10.2. The summed E-state index contributed by atoms with van der Waals surface area (Å²) in [6.07, 6.45) is 1.71. The molecular formula is C16H11N3OZn. The normalized spacial score (nSPS) is 10.7. The smallest absolute Gasteiger partial charge is 0.157 e. The minimum absolute atomic E-state index is 0. The SMILES string of the molecule is Oc1cc2ccccc2cc1-c1nc2cccnc2[nH]1.[Zn]. The van der Waals surface area contributed by atoms with Crippen LogP contribution < -0.4 is 0 Å². The summed E-state index contributed by atoms with van der Waals surface area (Å²) in [7, 11) is 0. The fourth-order valence-electron chi connectivity index (χ4n) is 2.39. The van der Waals surface area contributed by atoms with Crippen LogP contribution in [0.25, 0.3) is 33.3 Å². The van der Waals surface area contributed by atoms with Crippen molar-refractivity contribution in [2.75, 3.05) is 0 Å². The maximum Gasteiger partial charge on any atom is 0.157 e. The summed E-state index contributed by atoms with van der Waals surface area (Å²) in [4.78, 5) is 11.8. The van der Waals surface area contributed by atoms with Gasteiger partial charge in [-0.05, 0) is 35.0 Å². The third-order valence-corrected chi connectivity index (χ3v) is 3.37. The number of H-pyrrole nitrogens is 1. The number of rotatable bonds is 1. The van der Waals surface area contributed by atoms with Gasteiger partial charge in [-0.3, -0.25) is 0 Å². The van der Waals surface area contributed by atoms with E-state index >= 15 is 0 Å². The van der Waals surface area contributed by atoms with Gasteiger partial charge in [-0.15, -0.1) is 0 Å². The Morgan fingerprint density at radius 1 is 0.952 bits per heavy atom.